The number of amides is 1. The van der Waals surface area contributed by atoms with Crippen LogP contribution in [0.15, 0.2) is 48.5 Å². The molecule has 0 bridgehead atoms. The Hall–Kier alpha value is -2.49. The summed E-state index contributed by atoms with van der Waals surface area (Å²) in [5, 5.41) is 0. The molecule has 4 heteroatoms. The Morgan fingerprint density at radius 3 is 2.52 bits per heavy atom. The maximum atomic E-state index is 14.0. The number of hydrogen-bond acceptors (Lipinski definition) is 2. The molecule has 2 unspecified atom stereocenters. The van der Waals surface area contributed by atoms with Gasteiger partial charge in [0.05, 0.1) is 0 Å². The van der Waals surface area contributed by atoms with E-state index >= 15 is 0 Å². The second-order valence-corrected chi connectivity index (χ2v) is 8.41. The van der Waals surface area contributed by atoms with Crippen LogP contribution in [0.4, 0.5) is 4.39 Å². The number of carbonyl (C=O) groups is 2. The van der Waals surface area contributed by atoms with Crippen LogP contribution in [0.5, 0.6) is 0 Å². The predicted octanol–water partition coefficient (Wildman–Crippen LogP) is 4.11. The van der Waals surface area contributed by atoms with E-state index in [1.807, 2.05) is 12.1 Å². The number of carbonyl (C=O) groups excluding carboxylic acids is 2. The van der Waals surface area contributed by atoms with Gasteiger partial charge in [0.25, 0.3) is 0 Å². The zero-order valence-electron chi connectivity index (χ0n) is 16.3. The highest BCUT2D eigenvalue weighted by atomic mass is 19.1. The molecule has 1 aliphatic heterocycles. The SMILES string of the molecule is CN1CC(c2cccc(C(C)(C)C)c2)C(C(=O)Cc2ccccc2F)C1=O. The number of likely N-dealkylation sites (N-methyl/N-ethyl adjacent to an activating group) is 1. The molecule has 142 valence electrons. The molecule has 0 aromatic heterocycles. The number of hydrogen-bond donors (Lipinski definition) is 0. The maximum Gasteiger partial charge on any atom is 0.233 e. The first-order chi connectivity index (χ1) is 12.7. The van der Waals surface area contributed by atoms with Gasteiger partial charge in [0.15, 0.2) is 0 Å². The van der Waals surface area contributed by atoms with Crippen molar-refractivity contribution < 1.29 is 14.0 Å². The van der Waals surface area contributed by atoms with Crippen molar-refractivity contribution in [2.75, 3.05) is 13.6 Å². The number of Topliss-reactive ketones (excluding diaryl/α,β-unsaturated/α-hetero) is 1. The van der Waals surface area contributed by atoms with E-state index in [4.69, 9.17) is 0 Å². The molecule has 3 nitrogen and oxygen atoms in total. The average Bonchev–Trinajstić information content (AvgIpc) is 2.91. The number of benzene rings is 2. The van der Waals surface area contributed by atoms with Gasteiger partial charge in [-0.3, -0.25) is 9.59 Å². The van der Waals surface area contributed by atoms with Crippen molar-refractivity contribution in [3.8, 4) is 0 Å². The third kappa shape index (κ3) is 3.95. The lowest BCUT2D eigenvalue weighted by Crippen LogP contribution is -2.29. The second-order valence-electron chi connectivity index (χ2n) is 8.41. The molecule has 0 saturated carbocycles. The molecule has 1 saturated heterocycles. The fourth-order valence-electron chi connectivity index (χ4n) is 3.74. The lowest BCUT2D eigenvalue weighted by molar-refractivity contribution is -0.136. The third-order valence-electron chi connectivity index (χ3n) is 5.37. The van der Waals surface area contributed by atoms with Crippen molar-refractivity contribution in [1.82, 2.24) is 4.90 Å². The van der Waals surface area contributed by atoms with Gasteiger partial charge in [-0.1, -0.05) is 63.2 Å². The lowest BCUT2D eigenvalue weighted by atomic mass is 9.80. The van der Waals surface area contributed by atoms with Gasteiger partial charge in [-0.25, -0.2) is 4.39 Å². The Bertz CT molecular complexity index is 869. The van der Waals surface area contributed by atoms with Crippen LogP contribution >= 0.6 is 0 Å². The summed E-state index contributed by atoms with van der Waals surface area (Å²) in [5.41, 5.74) is 2.48. The van der Waals surface area contributed by atoms with E-state index in [1.54, 1.807) is 30.1 Å². The van der Waals surface area contributed by atoms with Gasteiger partial charge < -0.3 is 4.90 Å². The lowest BCUT2D eigenvalue weighted by Gasteiger charge is -2.22. The number of halogens is 1. The molecule has 0 radical (unpaired) electrons. The Kier molecular flexibility index (Phi) is 5.18. The fraction of sp³-hybridized carbons (Fsp3) is 0.391. The molecule has 2 atom stereocenters. The van der Waals surface area contributed by atoms with Crippen LogP contribution in [0.25, 0.3) is 0 Å². The summed E-state index contributed by atoms with van der Waals surface area (Å²) >= 11 is 0. The summed E-state index contributed by atoms with van der Waals surface area (Å²) in [4.78, 5) is 27.3. The quantitative estimate of drug-likeness (QED) is 0.763. The van der Waals surface area contributed by atoms with E-state index in [1.165, 1.54) is 11.6 Å². The number of likely N-dealkylation sites (tertiary alicyclic amines) is 1. The molecule has 1 fully saturated rings. The first kappa shape index (κ1) is 19.3. The third-order valence-corrected chi connectivity index (χ3v) is 5.37. The van der Waals surface area contributed by atoms with Gasteiger partial charge in [0.2, 0.25) is 5.91 Å². The number of ketones is 1. The molecule has 1 aliphatic rings. The maximum absolute atomic E-state index is 14.0. The molecular weight excluding hydrogens is 341 g/mol. The van der Waals surface area contributed by atoms with Gasteiger partial charge in [0.1, 0.15) is 17.5 Å². The van der Waals surface area contributed by atoms with Gasteiger partial charge in [0, 0.05) is 25.9 Å². The van der Waals surface area contributed by atoms with Crippen molar-refractivity contribution >= 4 is 11.7 Å². The standard InChI is InChI=1S/C23H26FNO2/c1-23(2,3)17-10-7-9-15(12-17)18-14-25(4)22(27)21(18)20(26)13-16-8-5-6-11-19(16)24/h5-12,18,21H,13-14H2,1-4H3. The summed E-state index contributed by atoms with van der Waals surface area (Å²) < 4.78 is 14.0. The van der Waals surface area contributed by atoms with Crippen molar-refractivity contribution in [3.05, 3.63) is 71.0 Å². The van der Waals surface area contributed by atoms with Crippen LogP contribution in [0.1, 0.15) is 43.4 Å². The van der Waals surface area contributed by atoms with Gasteiger partial charge in [-0.05, 0) is 28.2 Å². The highest BCUT2D eigenvalue weighted by Crippen LogP contribution is 2.36. The van der Waals surface area contributed by atoms with Gasteiger partial charge >= 0.3 is 0 Å². The number of rotatable bonds is 4. The van der Waals surface area contributed by atoms with E-state index in [0.717, 1.165) is 5.56 Å². The van der Waals surface area contributed by atoms with E-state index in [2.05, 4.69) is 32.9 Å². The van der Waals surface area contributed by atoms with Crippen LogP contribution in [0, 0.1) is 11.7 Å². The van der Waals surface area contributed by atoms with Crippen LogP contribution in [-0.2, 0) is 21.4 Å². The van der Waals surface area contributed by atoms with E-state index in [0.29, 0.717) is 12.1 Å². The largest absolute Gasteiger partial charge is 0.344 e. The molecule has 0 N–H and O–H groups in total. The van der Waals surface area contributed by atoms with E-state index in [9.17, 15) is 14.0 Å². The average molecular weight is 367 g/mol. The number of nitrogens with zero attached hydrogens (tertiary/aromatic N) is 1. The van der Waals surface area contributed by atoms with Crippen molar-refractivity contribution in [2.24, 2.45) is 5.92 Å². The van der Waals surface area contributed by atoms with Crippen LogP contribution in [0.2, 0.25) is 0 Å². The second kappa shape index (κ2) is 7.26. The molecule has 0 aliphatic carbocycles. The zero-order valence-corrected chi connectivity index (χ0v) is 16.3. The van der Waals surface area contributed by atoms with Crippen molar-refractivity contribution in [1.29, 1.82) is 0 Å². The highest BCUT2D eigenvalue weighted by molar-refractivity contribution is 6.04. The van der Waals surface area contributed by atoms with Crippen LogP contribution in [0.3, 0.4) is 0 Å². The molecule has 3 rings (SSSR count). The van der Waals surface area contributed by atoms with Crippen LogP contribution < -0.4 is 0 Å². The summed E-state index contributed by atoms with van der Waals surface area (Å²) in [6, 6.07) is 14.4. The molecule has 1 amide bonds. The Morgan fingerprint density at radius 1 is 1.15 bits per heavy atom. The summed E-state index contributed by atoms with van der Waals surface area (Å²) in [5.74, 6) is -1.77. The smallest absolute Gasteiger partial charge is 0.233 e. The summed E-state index contributed by atoms with van der Waals surface area (Å²) in [7, 11) is 1.72. The van der Waals surface area contributed by atoms with Gasteiger partial charge in [-0.15, -0.1) is 0 Å². The fourth-order valence-corrected chi connectivity index (χ4v) is 3.74. The minimum atomic E-state index is -0.759. The van der Waals surface area contributed by atoms with Crippen molar-refractivity contribution in [2.45, 2.75) is 38.5 Å². The Morgan fingerprint density at radius 2 is 1.85 bits per heavy atom. The topological polar surface area (TPSA) is 37.4 Å². The van der Waals surface area contributed by atoms with Gasteiger partial charge in [-0.2, -0.15) is 0 Å². The molecule has 0 spiro atoms. The summed E-state index contributed by atoms with van der Waals surface area (Å²) in [6.07, 6.45) is -0.0631. The van der Waals surface area contributed by atoms with Crippen LogP contribution in [-0.4, -0.2) is 30.2 Å². The summed E-state index contributed by atoms with van der Waals surface area (Å²) in [6.45, 7) is 6.91. The minimum Gasteiger partial charge on any atom is -0.344 e. The highest BCUT2D eigenvalue weighted by Gasteiger charge is 2.44. The first-order valence-corrected chi connectivity index (χ1v) is 9.30. The Balaban J connectivity index is 1.92. The Labute approximate surface area is 160 Å². The molecular formula is C23H26FNO2. The van der Waals surface area contributed by atoms with E-state index < -0.39 is 11.7 Å². The normalized spacial score (nSPS) is 20.2. The first-order valence-electron chi connectivity index (χ1n) is 9.30. The minimum absolute atomic E-state index is 0.0167. The zero-order chi connectivity index (χ0) is 19.8. The molecule has 2 aromatic carbocycles. The predicted molar refractivity (Wildman–Crippen MR) is 104 cm³/mol. The monoisotopic (exact) mass is 367 g/mol. The molecule has 1 heterocycles. The molecule has 27 heavy (non-hydrogen) atoms. The van der Waals surface area contributed by atoms with E-state index in [-0.39, 0.29) is 29.4 Å². The molecule has 2 aromatic rings. The van der Waals surface area contributed by atoms with Crippen molar-refractivity contribution in [3.63, 3.8) is 0 Å².